The number of carbonyl (C=O) groups is 1. The summed E-state index contributed by atoms with van der Waals surface area (Å²) >= 11 is 0. The van der Waals surface area contributed by atoms with E-state index in [1.165, 1.54) is 18.2 Å². The summed E-state index contributed by atoms with van der Waals surface area (Å²) in [5.74, 6) is -0.0752. The Bertz CT molecular complexity index is 1010. The van der Waals surface area contributed by atoms with Gasteiger partial charge in [-0.1, -0.05) is 53.7 Å². The molecule has 1 heterocycles. The van der Waals surface area contributed by atoms with Crippen LogP contribution in [0.2, 0.25) is 0 Å². The minimum absolute atomic E-state index is 0.0871. The van der Waals surface area contributed by atoms with Crippen molar-refractivity contribution in [2.45, 2.75) is 31.2 Å². The summed E-state index contributed by atoms with van der Waals surface area (Å²) in [7, 11) is 0. The number of aromatic nitrogens is 1. The van der Waals surface area contributed by atoms with Crippen LogP contribution in [-0.2, 0) is 16.8 Å². The number of halogens is 3. The molecule has 0 bridgehead atoms. The molecule has 150 valence electrons. The van der Waals surface area contributed by atoms with Crippen LogP contribution in [0.5, 0.6) is 5.75 Å². The first kappa shape index (κ1) is 19.0. The molecule has 0 unspecified atom stereocenters. The van der Waals surface area contributed by atoms with Crippen LogP contribution >= 0.6 is 0 Å². The highest BCUT2D eigenvalue weighted by Crippen LogP contribution is 2.48. The Morgan fingerprint density at radius 1 is 1.10 bits per heavy atom. The Hall–Kier alpha value is -3.29. The molecule has 1 fully saturated rings. The molecule has 5 nitrogen and oxygen atoms in total. The minimum atomic E-state index is -4.80. The zero-order valence-electron chi connectivity index (χ0n) is 15.2. The maximum Gasteiger partial charge on any atom is 0.573 e. The molecule has 0 atom stereocenters. The molecule has 0 aliphatic heterocycles. The highest BCUT2D eigenvalue weighted by Gasteiger charge is 2.53. The second-order valence-electron chi connectivity index (χ2n) is 6.86. The second kappa shape index (κ2) is 7.27. The van der Waals surface area contributed by atoms with Gasteiger partial charge in [0.1, 0.15) is 5.75 Å². The quantitative estimate of drug-likeness (QED) is 0.655. The standard InChI is InChI=1S/C21H17F3N2O3/c22-21(23,24)28-16-9-5-4-8-15(16)13-25-19(27)20(10-11-20)18-12-17(29-26-18)14-6-2-1-3-7-14/h1-9,12H,10-11,13H2,(H,25,27). The van der Waals surface area contributed by atoms with Crippen molar-refractivity contribution in [3.05, 3.63) is 71.9 Å². The zero-order chi connectivity index (χ0) is 20.5. The lowest BCUT2D eigenvalue weighted by atomic mass is 10.00. The lowest BCUT2D eigenvalue weighted by molar-refractivity contribution is -0.274. The number of hydrogen-bond acceptors (Lipinski definition) is 4. The normalized spacial score (nSPS) is 15.0. The molecule has 1 aromatic heterocycles. The number of hydrogen-bond donors (Lipinski definition) is 1. The summed E-state index contributed by atoms with van der Waals surface area (Å²) in [5, 5.41) is 6.77. The molecule has 29 heavy (non-hydrogen) atoms. The monoisotopic (exact) mass is 402 g/mol. The van der Waals surface area contributed by atoms with E-state index in [-0.39, 0.29) is 23.8 Å². The van der Waals surface area contributed by atoms with Crippen molar-refractivity contribution in [2.24, 2.45) is 0 Å². The SMILES string of the molecule is O=C(NCc1ccccc1OC(F)(F)F)C1(c2cc(-c3ccccc3)on2)CC1. The highest BCUT2D eigenvalue weighted by molar-refractivity contribution is 5.91. The fraction of sp³-hybridized carbons (Fsp3) is 0.238. The van der Waals surface area contributed by atoms with Gasteiger partial charge in [-0.15, -0.1) is 13.2 Å². The van der Waals surface area contributed by atoms with Gasteiger partial charge in [0.05, 0.1) is 11.1 Å². The maximum absolute atomic E-state index is 12.8. The number of benzene rings is 2. The first-order chi connectivity index (χ1) is 13.9. The predicted octanol–water partition coefficient (Wildman–Crippen LogP) is 4.59. The van der Waals surface area contributed by atoms with E-state index in [0.717, 1.165) is 5.56 Å². The van der Waals surface area contributed by atoms with E-state index in [9.17, 15) is 18.0 Å². The van der Waals surface area contributed by atoms with Gasteiger partial charge in [0, 0.05) is 23.7 Å². The van der Waals surface area contributed by atoms with Crippen LogP contribution in [-0.4, -0.2) is 17.4 Å². The number of nitrogens with one attached hydrogen (secondary N) is 1. The highest BCUT2D eigenvalue weighted by atomic mass is 19.4. The fourth-order valence-corrected chi connectivity index (χ4v) is 3.18. The fourth-order valence-electron chi connectivity index (χ4n) is 3.18. The van der Waals surface area contributed by atoms with E-state index in [0.29, 0.717) is 24.3 Å². The topological polar surface area (TPSA) is 64.4 Å². The average Bonchev–Trinajstić information content (AvgIpc) is 3.36. The molecule has 1 amide bonds. The first-order valence-electron chi connectivity index (χ1n) is 9.02. The van der Waals surface area contributed by atoms with Crippen molar-refractivity contribution in [3.8, 4) is 17.1 Å². The molecule has 8 heteroatoms. The van der Waals surface area contributed by atoms with Crippen molar-refractivity contribution >= 4 is 5.91 Å². The van der Waals surface area contributed by atoms with Gasteiger partial charge in [-0.3, -0.25) is 4.79 Å². The summed E-state index contributed by atoms with van der Waals surface area (Å²) in [4.78, 5) is 12.8. The summed E-state index contributed by atoms with van der Waals surface area (Å²) in [6, 6.07) is 16.8. The number of ether oxygens (including phenoxy) is 1. The number of carbonyl (C=O) groups excluding carboxylic acids is 1. The minimum Gasteiger partial charge on any atom is -0.405 e. The number of alkyl halides is 3. The Balaban J connectivity index is 1.47. The third kappa shape index (κ3) is 4.11. The summed E-state index contributed by atoms with van der Waals surface area (Å²) in [6.45, 7) is -0.0871. The molecule has 0 spiro atoms. The third-order valence-electron chi connectivity index (χ3n) is 4.88. The van der Waals surface area contributed by atoms with E-state index in [1.54, 1.807) is 12.1 Å². The zero-order valence-corrected chi connectivity index (χ0v) is 15.2. The molecular weight excluding hydrogens is 385 g/mol. The largest absolute Gasteiger partial charge is 0.573 e. The third-order valence-corrected chi connectivity index (χ3v) is 4.88. The summed E-state index contributed by atoms with van der Waals surface area (Å²) in [5.41, 5.74) is 0.796. The van der Waals surface area contributed by atoms with Crippen LogP contribution in [0.15, 0.2) is 65.2 Å². The van der Waals surface area contributed by atoms with Gasteiger partial charge >= 0.3 is 6.36 Å². The van der Waals surface area contributed by atoms with Crippen molar-refractivity contribution in [1.82, 2.24) is 10.5 Å². The second-order valence-corrected chi connectivity index (χ2v) is 6.86. The number of para-hydroxylation sites is 1. The lowest BCUT2D eigenvalue weighted by Gasteiger charge is -2.15. The van der Waals surface area contributed by atoms with Gasteiger partial charge in [-0.05, 0) is 18.9 Å². The molecular formula is C21H17F3N2O3. The van der Waals surface area contributed by atoms with Gasteiger partial charge in [-0.25, -0.2) is 0 Å². The predicted molar refractivity (Wildman–Crippen MR) is 97.8 cm³/mol. The number of nitrogens with zero attached hydrogens (tertiary/aromatic N) is 1. The van der Waals surface area contributed by atoms with Gasteiger partial charge < -0.3 is 14.6 Å². The molecule has 1 aliphatic carbocycles. The van der Waals surface area contributed by atoms with Gasteiger partial charge in [0.25, 0.3) is 0 Å². The maximum atomic E-state index is 12.8. The van der Waals surface area contributed by atoms with Gasteiger partial charge in [-0.2, -0.15) is 0 Å². The average molecular weight is 402 g/mol. The van der Waals surface area contributed by atoms with Crippen molar-refractivity contribution in [1.29, 1.82) is 0 Å². The Morgan fingerprint density at radius 3 is 2.48 bits per heavy atom. The van der Waals surface area contributed by atoms with Crippen molar-refractivity contribution < 1.29 is 27.2 Å². The summed E-state index contributed by atoms with van der Waals surface area (Å²) < 4.78 is 47.1. The van der Waals surface area contributed by atoms with E-state index < -0.39 is 11.8 Å². The van der Waals surface area contributed by atoms with Gasteiger partial charge in [0.2, 0.25) is 5.91 Å². The molecule has 1 aliphatic rings. The van der Waals surface area contributed by atoms with Crippen molar-refractivity contribution in [3.63, 3.8) is 0 Å². The van der Waals surface area contributed by atoms with Crippen LogP contribution in [0.3, 0.4) is 0 Å². The van der Waals surface area contributed by atoms with Crippen LogP contribution < -0.4 is 10.1 Å². The van der Waals surface area contributed by atoms with Crippen LogP contribution in [0.4, 0.5) is 13.2 Å². The molecule has 1 saturated carbocycles. The van der Waals surface area contributed by atoms with Crippen molar-refractivity contribution in [2.75, 3.05) is 0 Å². The smallest absolute Gasteiger partial charge is 0.405 e. The van der Waals surface area contributed by atoms with E-state index >= 15 is 0 Å². The van der Waals surface area contributed by atoms with Crippen LogP contribution in [0.25, 0.3) is 11.3 Å². The first-order valence-corrected chi connectivity index (χ1v) is 9.02. The Kier molecular flexibility index (Phi) is 4.77. The summed E-state index contributed by atoms with van der Waals surface area (Å²) in [6.07, 6.45) is -3.60. The van der Waals surface area contributed by atoms with Gasteiger partial charge in [0.15, 0.2) is 5.76 Å². The Labute approximate surface area is 164 Å². The molecule has 1 N–H and O–H groups in total. The number of rotatable bonds is 6. The number of amides is 1. The lowest BCUT2D eigenvalue weighted by Crippen LogP contribution is -2.34. The molecule has 3 aromatic rings. The Morgan fingerprint density at radius 2 is 1.79 bits per heavy atom. The van der Waals surface area contributed by atoms with Crippen LogP contribution in [0, 0.1) is 0 Å². The van der Waals surface area contributed by atoms with E-state index in [4.69, 9.17) is 4.52 Å². The molecule has 2 aromatic carbocycles. The van der Waals surface area contributed by atoms with E-state index in [2.05, 4.69) is 15.2 Å². The van der Waals surface area contributed by atoms with Crippen LogP contribution in [0.1, 0.15) is 24.1 Å². The molecule has 0 saturated heterocycles. The molecule has 4 rings (SSSR count). The molecule has 0 radical (unpaired) electrons. The van der Waals surface area contributed by atoms with E-state index in [1.807, 2.05) is 30.3 Å².